The Balaban J connectivity index is 1.42. The Morgan fingerprint density at radius 1 is 0.818 bits per heavy atom. The zero-order chi connectivity index (χ0) is 22.5. The SMILES string of the molecule is Clc1ccccc1N=N/C(=N/c1nc(Nc2ccc3ccccc3c2)cs1)c1ccccc1. The molecule has 0 fully saturated rings. The number of thiazole rings is 1. The van der Waals surface area contributed by atoms with Crippen molar-refractivity contribution >= 4 is 61.9 Å². The van der Waals surface area contributed by atoms with Crippen LogP contribution in [0.25, 0.3) is 10.8 Å². The topological polar surface area (TPSA) is 62.0 Å². The van der Waals surface area contributed by atoms with E-state index in [1.165, 1.54) is 22.1 Å². The molecule has 33 heavy (non-hydrogen) atoms. The average molecular weight is 468 g/mol. The van der Waals surface area contributed by atoms with Gasteiger partial charge in [0.15, 0.2) is 5.84 Å². The van der Waals surface area contributed by atoms with Crippen LogP contribution in [0.1, 0.15) is 5.56 Å². The molecule has 0 amide bonds. The summed E-state index contributed by atoms with van der Waals surface area (Å²) in [6, 6.07) is 31.5. The molecule has 0 atom stereocenters. The Bertz CT molecular complexity index is 1460. The fourth-order valence-corrected chi connectivity index (χ4v) is 4.04. The normalized spacial score (nSPS) is 11.8. The summed E-state index contributed by atoms with van der Waals surface area (Å²) in [7, 11) is 0. The van der Waals surface area contributed by atoms with Crippen LogP contribution in [0.15, 0.2) is 118 Å². The Labute approximate surface area is 200 Å². The number of benzene rings is 4. The van der Waals surface area contributed by atoms with Gasteiger partial charge < -0.3 is 5.32 Å². The first-order chi connectivity index (χ1) is 16.2. The van der Waals surface area contributed by atoms with E-state index in [9.17, 15) is 0 Å². The number of amidine groups is 1. The second-order valence-corrected chi connectivity index (χ2v) is 8.40. The fraction of sp³-hybridized carbons (Fsp3) is 0. The average Bonchev–Trinajstić information content (AvgIpc) is 3.30. The van der Waals surface area contributed by atoms with Crippen molar-refractivity contribution in [2.45, 2.75) is 0 Å². The Morgan fingerprint density at radius 3 is 2.42 bits per heavy atom. The van der Waals surface area contributed by atoms with Gasteiger partial charge >= 0.3 is 0 Å². The Morgan fingerprint density at radius 2 is 1.58 bits per heavy atom. The molecule has 0 radical (unpaired) electrons. The van der Waals surface area contributed by atoms with E-state index in [4.69, 9.17) is 11.6 Å². The van der Waals surface area contributed by atoms with Crippen molar-refractivity contribution in [1.29, 1.82) is 0 Å². The molecule has 0 saturated carbocycles. The molecule has 0 aliphatic heterocycles. The lowest BCUT2D eigenvalue weighted by Crippen LogP contribution is -1.95. The Kier molecular flexibility index (Phi) is 6.19. The second kappa shape index (κ2) is 9.73. The maximum Gasteiger partial charge on any atom is 0.213 e. The molecule has 0 aliphatic rings. The summed E-state index contributed by atoms with van der Waals surface area (Å²) in [6.07, 6.45) is 0. The van der Waals surface area contributed by atoms with Crippen molar-refractivity contribution in [3.8, 4) is 0 Å². The predicted octanol–water partition coefficient (Wildman–Crippen LogP) is 8.56. The van der Waals surface area contributed by atoms with Gasteiger partial charge in [-0.25, -0.2) is 4.98 Å². The molecule has 160 valence electrons. The van der Waals surface area contributed by atoms with Crippen molar-refractivity contribution < 1.29 is 0 Å². The molecular weight excluding hydrogens is 450 g/mol. The number of hydrogen-bond donors (Lipinski definition) is 1. The molecule has 0 spiro atoms. The van der Waals surface area contributed by atoms with Crippen molar-refractivity contribution in [2.24, 2.45) is 15.2 Å². The van der Waals surface area contributed by atoms with Gasteiger partial charge in [-0.3, -0.25) is 0 Å². The fourth-order valence-electron chi connectivity index (χ4n) is 3.24. The van der Waals surface area contributed by atoms with Crippen LogP contribution in [0.4, 0.5) is 22.3 Å². The summed E-state index contributed by atoms with van der Waals surface area (Å²) in [5.74, 6) is 1.19. The number of nitrogens with one attached hydrogen (secondary N) is 1. The van der Waals surface area contributed by atoms with Gasteiger partial charge in [-0.1, -0.05) is 84.4 Å². The van der Waals surface area contributed by atoms with Gasteiger partial charge in [0.25, 0.3) is 0 Å². The molecule has 0 saturated heterocycles. The number of rotatable bonds is 5. The van der Waals surface area contributed by atoms with Gasteiger partial charge in [0.2, 0.25) is 5.13 Å². The molecule has 4 aromatic carbocycles. The van der Waals surface area contributed by atoms with Crippen LogP contribution in [0.2, 0.25) is 5.02 Å². The smallest absolute Gasteiger partial charge is 0.213 e. The third-order valence-corrected chi connectivity index (χ3v) is 5.91. The molecule has 0 unspecified atom stereocenters. The monoisotopic (exact) mass is 467 g/mol. The molecule has 1 heterocycles. The summed E-state index contributed by atoms with van der Waals surface area (Å²) in [4.78, 5) is 9.28. The van der Waals surface area contributed by atoms with Crippen LogP contribution in [0, 0.1) is 0 Å². The molecule has 5 nitrogen and oxygen atoms in total. The van der Waals surface area contributed by atoms with Crippen molar-refractivity contribution in [3.05, 3.63) is 113 Å². The molecule has 5 rings (SSSR count). The highest BCUT2D eigenvalue weighted by molar-refractivity contribution is 7.13. The maximum absolute atomic E-state index is 6.22. The highest BCUT2D eigenvalue weighted by Crippen LogP contribution is 2.28. The van der Waals surface area contributed by atoms with E-state index in [1.54, 1.807) is 6.07 Å². The molecule has 1 N–H and O–H groups in total. The minimum absolute atomic E-state index is 0.460. The third kappa shape index (κ3) is 5.14. The van der Waals surface area contributed by atoms with Gasteiger partial charge in [-0.15, -0.1) is 21.6 Å². The first kappa shape index (κ1) is 21.0. The summed E-state index contributed by atoms with van der Waals surface area (Å²) in [5.41, 5.74) is 2.39. The second-order valence-electron chi connectivity index (χ2n) is 7.16. The summed E-state index contributed by atoms with van der Waals surface area (Å²) in [6.45, 7) is 0. The van der Waals surface area contributed by atoms with Crippen LogP contribution in [-0.4, -0.2) is 10.8 Å². The third-order valence-electron chi connectivity index (χ3n) is 4.85. The summed E-state index contributed by atoms with van der Waals surface area (Å²) in [5, 5.41) is 17.5. The van der Waals surface area contributed by atoms with E-state index in [1.807, 2.05) is 72.1 Å². The van der Waals surface area contributed by atoms with Crippen LogP contribution in [-0.2, 0) is 0 Å². The molecular formula is C26H18ClN5S. The number of aromatic nitrogens is 1. The number of fused-ring (bicyclic) bond motifs is 1. The highest BCUT2D eigenvalue weighted by atomic mass is 35.5. The van der Waals surface area contributed by atoms with Crippen LogP contribution >= 0.6 is 22.9 Å². The predicted molar refractivity (Wildman–Crippen MR) is 138 cm³/mol. The van der Waals surface area contributed by atoms with Crippen LogP contribution < -0.4 is 5.32 Å². The zero-order valence-electron chi connectivity index (χ0n) is 17.4. The first-order valence-electron chi connectivity index (χ1n) is 10.3. The number of nitrogens with zero attached hydrogens (tertiary/aromatic N) is 4. The van der Waals surface area contributed by atoms with Gasteiger partial charge in [-0.05, 0) is 35.0 Å². The minimum atomic E-state index is 0.460. The lowest BCUT2D eigenvalue weighted by Gasteiger charge is -2.04. The number of halogens is 1. The van der Waals surface area contributed by atoms with E-state index in [0.29, 0.717) is 21.7 Å². The summed E-state index contributed by atoms with van der Waals surface area (Å²) >= 11 is 7.65. The molecule has 5 aromatic rings. The van der Waals surface area contributed by atoms with Crippen LogP contribution in [0.3, 0.4) is 0 Å². The quantitative estimate of drug-likeness (QED) is 0.160. The molecule has 7 heteroatoms. The van der Waals surface area contributed by atoms with E-state index in [-0.39, 0.29) is 0 Å². The summed E-state index contributed by atoms with van der Waals surface area (Å²) < 4.78 is 0. The Hall–Kier alpha value is -3.87. The van der Waals surface area contributed by atoms with E-state index < -0.39 is 0 Å². The molecule has 0 bridgehead atoms. The van der Waals surface area contributed by atoms with Crippen molar-refractivity contribution in [2.75, 3.05) is 5.32 Å². The standard InChI is InChI=1S/C26H18ClN5S/c27-22-12-6-7-13-23(22)31-32-25(19-9-2-1-3-10-19)30-26-29-24(17-33-26)28-21-15-14-18-8-4-5-11-20(18)16-21/h1-17,28H/b30-25+,32-31?. The number of azo groups is 1. The molecule has 1 aromatic heterocycles. The zero-order valence-corrected chi connectivity index (χ0v) is 19.0. The van der Waals surface area contributed by atoms with E-state index >= 15 is 0 Å². The van der Waals surface area contributed by atoms with Gasteiger partial charge in [0, 0.05) is 16.6 Å². The minimum Gasteiger partial charge on any atom is -0.339 e. The molecule has 0 aliphatic carbocycles. The first-order valence-corrected chi connectivity index (χ1v) is 11.5. The van der Waals surface area contributed by atoms with Crippen molar-refractivity contribution in [1.82, 2.24) is 4.98 Å². The van der Waals surface area contributed by atoms with Crippen LogP contribution in [0.5, 0.6) is 0 Å². The number of anilines is 2. The van der Waals surface area contributed by atoms with Crippen molar-refractivity contribution in [3.63, 3.8) is 0 Å². The highest BCUT2D eigenvalue weighted by Gasteiger charge is 2.07. The number of aliphatic imine (C=N–C) groups is 1. The van der Waals surface area contributed by atoms with E-state index in [0.717, 1.165) is 17.1 Å². The largest absolute Gasteiger partial charge is 0.339 e. The lowest BCUT2D eigenvalue weighted by atomic mass is 10.1. The lowest BCUT2D eigenvalue weighted by molar-refractivity contribution is 1.24. The van der Waals surface area contributed by atoms with Gasteiger partial charge in [0.1, 0.15) is 11.5 Å². The van der Waals surface area contributed by atoms with Gasteiger partial charge in [-0.2, -0.15) is 4.99 Å². The van der Waals surface area contributed by atoms with E-state index in [2.05, 4.69) is 49.8 Å². The van der Waals surface area contributed by atoms with Gasteiger partial charge in [0.05, 0.1) is 5.02 Å². The maximum atomic E-state index is 6.22. The number of hydrogen-bond acceptors (Lipinski definition) is 5.